The maximum atomic E-state index is 13.7. The minimum Gasteiger partial charge on any atom is -0.330 e. The summed E-state index contributed by atoms with van der Waals surface area (Å²) in [7, 11) is 0. The molecule has 2 aliphatic rings. The van der Waals surface area contributed by atoms with Crippen LogP contribution >= 0.6 is 15.9 Å². The van der Waals surface area contributed by atoms with E-state index in [-0.39, 0.29) is 18.0 Å². The molecule has 0 spiro atoms. The van der Waals surface area contributed by atoms with Crippen LogP contribution in [0.2, 0.25) is 0 Å². The van der Waals surface area contributed by atoms with Gasteiger partial charge in [-0.25, -0.2) is 8.78 Å². The van der Waals surface area contributed by atoms with Gasteiger partial charge in [0.25, 0.3) is 5.91 Å². The molecular weight excluding hydrogens is 316 g/mol. The Balaban J connectivity index is 1.84. The van der Waals surface area contributed by atoms with Gasteiger partial charge >= 0.3 is 0 Å². The topological polar surface area (TPSA) is 20.3 Å². The minimum absolute atomic E-state index is 0.0371. The highest BCUT2D eigenvalue weighted by molar-refractivity contribution is 9.10. The second kappa shape index (κ2) is 4.56. The molecule has 1 amide bonds. The zero-order chi connectivity index (χ0) is 13.6. The highest BCUT2D eigenvalue weighted by atomic mass is 79.9. The molecular formula is C14H10BrF2NO. The predicted octanol–water partition coefficient (Wildman–Crippen LogP) is 3.33. The van der Waals surface area contributed by atoms with Gasteiger partial charge in [0.05, 0.1) is 6.54 Å². The fourth-order valence-corrected chi connectivity index (χ4v) is 2.84. The van der Waals surface area contributed by atoms with E-state index >= 15 is 0 Å². The number of carbonyl (C=O) groups excluding carboxylic acids is 1. The van der Waals surface area contributed by atoms with Gasteiger partial charge in [-0.3, -0.25) is 4.79 Å². The molecule has 0 bridgehead atoms. The molecule has 3 rings (SSSR count). The Hall–Kier alpha value is -1.49. The second-order valence-electron chi connectivity index (χ2n) is 4.62. The summed E-state index contributed by atoms with van der Waals surface area (Å²) in [5.41, 5.74) is 1.64. The summed E-state index contributed by atoms with van der Waals surface area (Å²) in [4.78, 5) is 13.5. The predicted molar refractivity (Wildman–Crippen MR) is 70.3 cm³/mol. The van der Waals surface area contributed by atoms with Gasteiger partial charge in [0, 0.05) is 22.2 Å². The van der Waals surface area contributed by atoms with E-state index in [0.29, 0.717) is 17.4 Å². The molecule has 1 aliphatic heterocycles. The molecule has 0 saturated heterocycles. The molecule has 2 nitrogen and oxygen atoms in total. The van der Waals surface area contributed by atoms with Crippen molar-refractivity contribution in [2.24, 2.45) is 0 Å². The number of benzene rings is 1. The monoisotopic (exact) mass is 325 g/mol. The molecule has 0 aromatic heterocycles. The van der Waals surface area contributed by atoms with E-state index in [1.54, 1.807) is 0 Å². The van der Waals surface area contributed by atoms with Crippen molar-refractivity contribution in [3.05, 3.63) is 57.1 Å². The van der Waals surface area contributed by atoms with Crippen LogP contribution < -0.4 is 0 Å². The van der Waals surface area contributed by atoms with Crippen molar-refractivity contribution >= 4 is 21.8 Å². The molecule has 1 aromatic rings. The van der Waals surface area contributed by atoms with Crippen molar-refractivity contribution < 1.29 is 13.6 Å². The van der Waals surface area contributed by atoms with Gasteiger partial charge in [0.15, 0.2) is 0 Å². The number of amides is 1. The molecule has 0 saturated carbocycles. The number of nitrogens with zero attached hydrogens (tertiary/aromatic N) is 1. The molecule has 19 heavy (non-hydrogen) atoms. The van der Waals surface area contributed by atoms with Crippen LogP contribution in [0, 0.1) is 11.6 Å². The zero-order valence-electron chi connectivity index (χ0n) is 9.92. The van der Waals surface area contributed by atoms with Crippen LogP contribution in [0.1, 0.15) is 12.0 Å². The normalized spacial score (nSPS) is 17.6. The van der Waals surface area contributed by atoms with Crippen molar-refractivity contribution in [2.45, 2.75) is 13.0 Å². The maximum Gasteiger partial charge on any atom is 0.251 e. The molecule has 0 atom stereocenters. The fraction of sp³-hybridized carbons (Fsp3) is 0.214. The minimum atomic E-state index is -0.637. The lowest BCUT2D eigenvalue weighted by molar-refractivity contribution is -0.126. The van der Waals surface area contributed by atoms with Gasteiger partial charge in [0.2, 0.25) is 0 Å². The Morgan fingerprint density at radius 3 is 2.58 bits per heavy atom. The first-order valence-corrected chi connectivity index (χ1v) is 6.67. The quantitative estimate of drug-likeness (QED) is 0.816. The molecule has 1 heterocycles. The lowest BCUT2D eigenvalue weighted by Crippen LogP contribution is -2.28. The van der Waals surface area contributed by atoms with Crippen LogP contribution in [0.25, 0.3) is 0 Å². The van der Waals surface area contributed by atoms with Gasteiger partial charge in [-0.15, -0.1) is 0 Å². The fourth-order valence-electron chi connectivity index (χ4n) is 2.43. The average Bonchev–Trinajstić information content (AvgIpc) is 2.88. The lowest BCUT2D eigenvalue weighted by Gasteiger charge is -2.18. The van der Waals surface area contributed by atoms with E-state index in [2.05, 4.69) is 15.9 Å². The first-order valence-electron chi connectivity index (χ1n) is 5.87. The van der Waals surface area contributed by atoms with Crippen LogP contribution in [-0.2, 0) is 11.3 Å². The lowest BCUT2D eigenvalue weighted by atomic mass is 10.1. The summed E-state index contributed by atoms with van der Waals surface area (Å²) in [6.45, 7) is 0.393. The molecule has 1 aliphatic carbocycles. The second-order valence-corrected chi connectivity index (χ2v) is 5.54. The number of rotatable bonds is 2. The third kappa shape index (κ3) is 2.12. The van der Waals surface area contributed by atoms with E-state index in [1.807, 2.05) is 12.2 Å². The van der Waals surface area contributed by atoms with Gasteiger partial charge in [-0.05, 0) is 24.1 Å². The van der Waals surface area contributed by atoms with E-state index in [0.717, 1.165) is 11.1 Å². The number of halogens is 3. The number of hydrogen-bond donors (Lipinski definition) is 0. The van der Waals surface area contributed by atoms with Crippen molar-refractivity contribution in [3.8, 4) is 0 Å². The zero-order valence-corrected chi connectivity index (χ0v) is 11.5. The molecule has 5 heteroatoms. The first-order chi connectivity index (χ1) is 9.06. The van der Waals surface area contributed by atoms with Crippen molar-refractivity contribution in [3.63, 3.8) is 0 Å². The highest BCUT2D eigenvalue weighted by Gasteiger charge is 2.31. The number of allylic oxidation sites excluding steroid dienone is 1. The Labute approximate surface area is 117 Å². The van der Waals surface area contributed by atoms with Gasteiger partial charge in [0.1, 0.15) is 11.6 Å². The first kappa shape index (κ1) is 12.5. The van der Waals surface area contributed by atoms with E-state index < -0.39 is 11.6 Å². The third-order valence-electron chi connectivity index (χ3n) is 3.39. The Kier molecular flexibility index (Phi) is 3.01. The van der Waals surface area contributed by atoms with Crippen LogP contribution in [0.5, 0.6) is 0 Å². The largest absolute Gasteiger partial charge is 0.330 e. The summed E-state index contributed by atoms with van der Waals surface area (Å²) in [5.74, 6) is -1.40. The van der Waals surface area contributed by atoms with Gasteiger partial charge in [-0.2, -0.15) is 0 Å². The summed E-state index contributed by atoms with van der Waals surface area (Å²) in [6, 6.07) is 2.42. The Morgan fingerprint density at radius 2 is 1.95 bits per heavy atom. The molecule has 1 aromatic carbocycles. The summed E-state index contributed by atoms with van der Waals surface area (Å²) >= 11 is 3.03. The average molecular weight is 326 g/mol. The third-order valence-corrected chi connectivity index (χ3v) is 3.85. The van der Waals surface area contributed by atoms with Crippen molar-refractivity contribution in [1.29, 1.82) is 0 Å². The smallest absolute Gasteiger partial charge is 0.251 e. The molecule has 0 unspecified atom stereocenters. The molecule has 0 N–H and O–H groups in total. The summed E-state index contributed by atoms with van der Waals surface area (Å²) in [6.07, 6.45) is 4.46. The maximum absolute atomic E-state index is 13.7. The van der Waals surface area contributed by atoms with Crippen molar-refractivity contribution in [1.82, 2.24) is 4.90 Å². The highest BCUT2D eigenvalue weighted by Crippen LogP contribution is 2.30. The van der Waals surface area contributed by atoms with Crippen LogP contribution in [0.3, 0.4) is 0 Å². The molecule has 98 valence electrons. The van der Waals surface area contributed by atoms with E-state index in [4.69, 9.17) is 0 Å². The van der Waals surface area contributed by atoms with Crippen LogP contribution in [0.4, 0.5) is 8.78 Å². The SMILES string of the molecule is O=C1C2=C(C=CC2)CN1Cc1c(F)cc(Br)cc1F. The molecule has 0 radical (unpaired) electrons. The van der Waals surface area contributed by atoms with E-state index in [1.165, 1.54) is 17.0 Å². The van der Waals surface area contributed by atoms with E-state index in [9.17, 15) is 13.6 Å². The summed E-state index contributed by atoms with van der Waals surface area (Å²) < 4.78 is 27.8. The number of hydrogen-bond acceptors (Lipinski definition) is 1. The standard InChI is InChI=1S/C14H10BrF2NO/c15-9-4-12(16)11(13(17)5-9)7-18-6-8-2-1-3-10(8)14(18)19/h1-2,4-5H,3,6-7H2. The van der Waals surface area contributed by atoms with Crippen LogP contribution in [-0.4, -0.2) is 17.4 Å². The van der Waals surface area contributed by atoms with Crippen LogP contribution in [0.15, 0.2) is 39.9 Å². The Bertz CT molecular complexity index is 613. The van der Waals surface area contributed by atoms with Gasteiger partial charge in [-0.1, -0.05) is 28.1 Å². The van der Waals surface area contributed by atoms with Crippen molar-refractivity contribution in [2.75, 3.05) is 6.54 Å². The van der Waals surface area contributed by atoms with Gasteiger partial charge < -0.3 is 4.90 Å². The summed E-state index contributed by atoms with van der Waals surface area (Å²) in [5, 5.41) is 0. The number of carbonyl (C=O) groups is 1. The molecule has 0 fully saturated rings. The Morgan fingerprint density at radius 1 is 1.26 bits per heavy atom.